The summed E-state index contributed by atoms with van der Waals surface area (Å²) in [5.41, 5.74) is 3.41. The van der Waals surface area contributed by atoms with E-state index in [1.807, 2.05) is 6.20 Å². The summed E-state index contributed by atoms with van der Waals surface area (Å²) >= 11 is 5.99. The molecule has 0 radical (unpaired) electrons. The zero-order valence-corrected chi connectivity index (χ0v) is 13.7. The molecule has 23 heavy (non-hydrogen) atoms. The Morgan fingerprint density at radius 3 is 2.96 bits per heavy atom. The number of nitrogens with one attached hydrogen (secondary N) is 2. The summed E-state index contributed by atoms with van der Waals surface area (Å²) in [4.78, 5) is 16.7. The summed E-state index contributed by atoms with van der Waals surface area (Å²) in [6.07, 6.45) is 15.3. The fourth-order valence-corrected chi connectivity index (χ4v) is 3.58. The van der Waals surface area contributed by atoms with E-state index < -0.39 is 0 Å². The number of nitrogens with zero attached hydrogens (tertiary/aromatic N) is 3. The second-order valence-corrected chi connectivity index (χ2v) is 6.65. The molecule has 4 rings (SSSR count). The summed E-state index contributed by atoms with van der Waals surface area (Å²) in [5, 5.41) is 4.10. The summed E-state index contributed by atoms with van der Waals surface area (Å²) < 4.78 is 0. The van der Waals surface area contributed by atoms with E-state index in [0.717, 1.165) is 28.9 Å². The molecule has 0 bridgehead atoms. The van der Waals surface area contributed by atoms with Crippen molar-refractivity contribution in [1.29, 1.82) is 0 Å². The largest absolute Gasteiger partial charge is 0.344 e. The van der Waals surface area contributed by atoms with Crippen molar-refractivity contribution < 1.29 is 0 Å². The van der Waals surface area contributed by atoms with E-state index in [9.17, 15) is 0 Å². The number of halogens is 1. The molecule has 0 saturated heterocycles. The van der Waals surface area contributed by atoms with E-state index in [1.165, 1.54) is 32.1 Å². The zero-order chi connectivity index (χ0) is 15.6. The molecule has 1 fully saturated rings. The van der Waals surface area contributed by atoms with Gasteiger partial charge in [0.05, 0.1) is 11.9 Å². The molecule has 1 saturated carbocycles. The maximum absolute atomic E-state index is 5.99. The molecule has 2 N–H and O–H groups in total. The average molecular weight is 330 g/mol. The van der Waals surface area contributed by atoms with E-state index in [4.69, 9.17) is 16.6 Å². The number of rotatable bonds is 3. The highest BCUT2D eigenvalue weighted by molar-refractivity contribution is 6.29. The lowest BCUT2D eigenvalue weighted by molar-refractivity contribution is 0.339. The van der Waals surface area contributed by atoms with Crippen molar-refractivity contribution in [1.82, 2.24) is 20.3 Å². The van der Waals surface area contributed by atoms with E-state index in [-0.39, 0.29) is 6.17 Å². The van der Waals surface area contributed by atoms with Crippen LogP contribution >= 0.6 is 11.6 Å². The SMILES string of the molecule is Clc1cnc2[nH]cc(C3=NC(NC4CCCCC4)CC=C3)c2n1. The van der Waals surface area contributed by atoms with Crippen molar-refractivity contribution in [3.63, 3.8) is 0 Å². The standard InChI is InChI=1S/C17H20ClN5/c18-14-10-20-17-16(23-14)12(9-19-17)13-7-4-8-15(22-13)21-11-5-2-1-3-6-11/h4,7,9-11,15,21H,1-3,5-6,8H2,(H,19,20). The van der Waals surface area contributed by atoms with E-state index in [2.05, 4.69) is 32.4 Å². The van der Waals surface area contributed by atoms with Gasteiger partial charge in [-0.05, 0) is 18.9 Å². The molecule has 6 heteroatoms. The Morgan fingerprint density at radius 1 is 1.22 bits per heavy atom. The number of H-pyrrole nitrogens is 1. The lowest BCUT2D eigenvalue weighted by atomic mass is 9.95. The van der Waals surface area contributed by atoms with Gasteiger partial charge in [0.25, 0.3) is 0 Å². The minimum Gasteiger partial charge on any atom is -0.344 e. The molecule has 2 aromatic rings. The van der Waals surface area contributed by atoms with Crippen molar-refractivity contribution in [2.75, 3.05) is 0 Å². The van der Waals surface area contributed by atoms with Crippen LogP contribution in [0.1, 0.15) is 44.1 Å². The van der Waals surface area contributed by atoms with Crippen LogP contribution < -0.4 is 5.32 Å². The van der Waals surface area contributed by atoms with Crippen LogP contribution in [-0.4, -0.2) is 32.9 Å². The minimum absolute atomic E-state index is 0.148. The van der Waals surface area contributed by atoms with Crippen molar-refractivity contribution >= 4 is 28.5 Å². The first kappa shape index (κ1) is 14.8. The van der Waals surface area contributed by atoms with Crippen molar-refractivity contribution in [3.05, 3.63) is 35.3 Å². The third kappa shape index (κ3) is 3.16. The molecule has 1 aliphatic heterocycles. The molecule has 120 valence electrons. The Kier molecular flexibility index (Phi) is 4.14. The molecule has 1 aliphatic carbocycles. The smallest absolute Gasteiger partial charge is 0.156 e. The van der Waals surface area contributed by atoms with Gasteiger partial charge in [-0.1, -0.05) is 36.9 Å². The van der Waals surface area contributed by atoms with Crippen LogP contribution in [0.5, 0.6) is 0 Å². The number of fused-ring (bicyclic) bond motifs is 1. The molecule has 1 atom stereocenters. The number of allylic oxidation sites excluding steroid dienone is 1. The fraction of sp³-hybridized carbons (Fsp3) is 0.471. The fourth-order valence-electron chi connectivity index (χ4n) is 3.44. The third-order valence-electron chi connectivity index (χ3n) is 4.59. The van der Waals surface area contributed by atoms with Gasteiger partial charge in [-0.3, -0.25) is 10.3 Å². The highest BCUT2D eigenvalue weighted by Crippen LogP contribution is 2.22. The van der Waals surface area contributed by atoms with Crippen LogP contribution in [0.2, 0.25) is 5.15 Å². The van der Waals surface area contributed by atoms with Gasteiger partial charge in [-0.25, -0.2) is 9.97 Å². The summed E-state index contributed by atoms with van der Waals surface area (Å²) in [6, 6.07) is 0.599. The quantitative estimate of drug-likeness (QED) is 0.904. The topological polar surface area (TPSA) is 66.0 Å². The Morgan fingerprint density at radius 2 is 2.09 bits per heavy atom. The van der Waals surface area contributed by atoms with Gasteiger partial charge in [0.2, 0.25) is 0 Å². The normalized spacial score (nSPS) is 22.5. The Bertz CT molecular complexity index is 757. The van der Waals surface area contributed by atoms with E-state index in [0.29, 0.717) is 11.2 Å². The van der Waals surface area contributed by atoms with Crippen molar-refractivity contribution in [3.8, 4) is 0 Å². The molecule has 0 spiro atoms. The number of aromatic nitrogens is 3. The van der Waals surface area contributed by atoms with Crippen LogP contribution in [0, 0.1) is 0 Å². The van der Waals surface area contributed by atoms with Gasteiger partial charge >= 0.3 is 0 Å². The molecular weight excluding hydrogens is 310 g/mol. The number of hydrogen-bond donors (Lipinski definition) is 2. The lowest BCUT2D eigenvalue weighted by Crippen LogP contribution is -2.39. The maximum Gasteiger partial charge on any atom is 0.156 e. The molecule has 1 unspecified atom stereocenters. The number of aliphatic imine (C=N–C) groups is 1. The first-order valence-electron chi connectivity index (χ1n) is 8.30. The van der Waals surface area contributed by atoms with Crippen LogP contribution in [0.15, 0.2) is 29.5 Å². The monoisotopic (exact) mass is 329 g/mol. The first-order chi connectivity index (χ1) is 11.3. The van der Waals surface area contributed by atoms with Crippen molar-refractivity contribution in [2.24, 2.45) is 4.99 Å². The molecular formula is C17H20ClN5. The third-order valence-corrected chi connectivity index (χ3v) is 4.77. The van der Waals surface area contributed by atoms with Crippen molar-refractivity contribution in [2.45, 2.75) is 50.7 Å². The number of aromatic amines is 1. The predicted molar refractivity (Wildman–Crippen MR) is 93.0 cm³/mol. The summed E-state index contributed by atoms with van der Waals surface area (Å²) in [7, 11) is 0. The number of dihydropyridines is 1. The second kappa shape index (κ2) is 6.42. The minimum atomic E-state index is 0.148. The van der Waals surface area contributed by atoms with Crippen LogP contribution in [0.4, 0.5) is 0 Å². The highest BCUT2D eigenvalue weighted by atomic mass is 35.5. The second-order valence-electron chi connectivity index (χ2n) is 6.26. The van der Waals surface area contributed by atoms with Gasteiger partial charge in [0, 0.05) is 24.2 Å². The number of hydrogen-bond acceptors (Lipinski definition) is 4. The first-order valence-corrected chi connectivity index (χ1v) is 8.68. The van der Waals surface area contributed by atoms with Gasteiger partial charge < -0.3 is 4.98 Å². The summed E-state index contributed by atoms with van der Waals surface area (Å²) in [5.74, 6) is 0. The van der Waals surface area contributed by atoms with Gasteiger partial charge in [0.15, 0.2) is 5.65 Å². The Hall–Kier alpha value is -1.72. The Balaban J connectivity index is 1.59. The van der Waals surface area contributed by atoms with Crippen LogP contribution in [0.3, 0.4) is 0 Å². The van der Waals surface area contributed by atoms with Crippen LogP contribution in [0.25, 0.3) is 11.2 Å². The summed E-state index contributed by atoms with van der Waals surface area (Å²) in [6.45, 7) is 0. The Labute approximate surface area is 140 Å². The lowest BCUT2D eigenvalue weighted by Gasteiger charge is -2.27. The molecule has 0 amide bonds. The maximum atomic E-state index is 5.99. The molecule has 2 aliphatic rings. The van der Waals surface area contributed by atoms with Gasteiger partial charge in [0.1, 0.15) is 16.8 Å². The van der Waals surface area contributed by atoms with Crippen LogP contribution in [-0.2, 0) is 0 Å². The highest BCUT2D eigenvalue weighted by Gasteiger charge is 2.20. The predicted octanol–water partition coefficient (Wildman–Crippen LogP) is 3.61. The molecule has 0 aromatic carbocycles. The van der Waals surface area contributed by atoms with Gasteiger partial charge in [-0.15, -0.1) is 0 Å². The molecule has 5 nitrogen and oxygen atoms in total. The van der Waals surface area contributed by atoms with E-state index in [1.54, 1.807) is 6.20 Å². The van der Waals surface area contributed by atoms with Gasteiger partial charge in [-0.2, -0.15) is 0 Å². The average Bonchev–Trinajstić information content (AvgIpc) is 2.99. The molecule has 2 aromatic heterocycles. The zero-order valence-electron chi connectivity index (χ0n) is 12.9. The van der Waals surface area contributed by atoms with E-state index >= 15 is 0 Å². The molecule has 3 heterocycles.